The van der Waals surface area contributed by atoms with E-state index >= 15 is 0 Å². The summed E-state index contributed by atoms with van der Waals surface area (Å²) in [4.78, 5) is 25.2. The maximum atomic E-state index is 13.0. The number of hydrogen-bond acceptors (Lipinski definition) is 3. The second-order valence-corrected chi connectivity index (χ2v) is 7.19. The van der Waals surface area contributed by atoms with Gasteiger partial charge in [-0.25, -0.2) is 4.68 Å². The summed E-state index contributed by atoms with van der Waals surface area (Å²) >= 11 is 0. The Labute approximate surface area is 163 Å². The molecule has 0 radical (unpaired) electrons. The van der Waals surface area contributed by atoms with Gasteiger partial charge in [0.1, 0.15) is 11.9 Å². The standard InChI is InChI=1S/C22H22N4O2/c1-13-9-10-17(11-14(13)2)23-22(28)18-12-19(27)24-21-15(3)20(25-26(18)21)16-7-5-4-6-8-16/h4-11,18H,12H2,1-3H3,(H,23,28)(H,24,27). The van der Waals surface area contributed by atoms with Crippen LogP contribution in [0.3, 0.4) is 0 Å². The van der Waals surface area contributed by atoms with Crippen molar-refractivity contribution in [2.75, 3.05) is 10.6 Å². The third kappa shape index (κ3) is 3.17. The van der Waals surface area contributed by atoms with Crippen molar-refractivity contribution in [1.82, 2.24) is 9.78 Å². The summed E-state index contributed by atoms with van der Waals surface area (Å²) in [5.41, 5.74) is 5.54. The molecule has 1 aromatic heterocycles. The predicted molar refractivity (Wildman–Crippen MR) is 109 cm³/mol. The molecule has 3 aromatic rings. The first-order valence-electron chi connectivity index (χ1n) is 9.26. The third-order valence-corrected chi connectivity index (χ3v) is 5.20. The smallest absolute Gasteiger partial charge is 0.249 e. The zero-order valence-corrected chi connectivity index (χ0v) is 16.1. The Kier molecular flexibility index (Phi) is 4.47. The van der Waals surface area contributed by atoms with Gasteiger partial charge in [0.25, 0.3) is 0 Å². The number of benzene rings is 2. The van der Waals surface area contributed by atoms with Crippen LogP contribution < -0.4 is 10.6 Å². The Hall–Kier alpha value is -3.41. The zero-order valence-electron chi connectivity index (χ0n) is 16.1. The second kappa shape index (κ2) is 6.96. The number of carbonyl (C=O) groups is 2. The van der Waals surface area contributed by atoms with Gasteiger partial charge in [-0.15, -0.1) is 0 Å². The quantitative estimate of drug-likeness (QED) is 0.728. The van der Waals surface area contributed by atoms with Crippen LogP contribution in [0.1, 0.15) is 29.2 Å². The fourth-order valence-electron chi connectivity index (χ4n) is 3.46. The number of nitrogens with zero attached hydrogens (tertiary/aromatic N) is 2. The molecule has 4 rings (SSSR count). The van der Waals surface area contributed by atoms with E-state index in [1.807, 2.05) is 69.3 Å². The molecule has 0 bridgehead atoms. The maximum absolute atomic E-state index is 13.0. The van der Waals surface area contributed by atoms with Crippen LogP contribution in [0.15, 0.2) is 48.5 Å². The van der Waals surface area contributed by atoms with Gasteiger partial charge in [-0.1, -0.05) is 36.4 Å². The summed E-state index contributed by atoms with van der Waals surface area (Å²) in [6.07, 6.45) is 0.0546. The average Bonchev–Trinajstić information content (AvgIpc) is 3.01. The van der Waals surface area contributed by atoms with E-state index in [2.05, 4.69) is 15.7 Å². The first-order valence-corrected chi connectivity index (χ1v) is 9.26. The Bertz CT molecular complexity index is 1070. The highest BCUT2D eigenvalue weighted by molar-refractivity contribution is 6.02. The van der Waals surface area contributed by atoms with E-state index in [0.717, 1.165) is 27.9 Å². The minimum atomic E-state index is -0.693. The van der Waals surface area contributed by atoms with E-state index in [9.17, 15) is 9.59 Å². The van der Waals surface area contributed by atoms with Gasteiger partial charge >= 0.3 is 0 Å². The average molecular weight is 374 g/mol. The maximum Gasteiger partial charge on any atom is 0.249 e. The summed E-state index contributed by atoms with van der Waals surface area (Å²) < 4.78 is 1.63. The summed E-state index contributed by atoms with van der Waals surface area (Å²) in [7, 11) is 0. The molecule has 142 valence electrons. The monoisotopic (exact) mass is 374 g/mol. The Morgan fingerprint density at radius 3 is 2.57 bits per heavy atom. The van der Waals surface area contributed by atoms with Gasteiger partial charge in [-0.3, -0.25) is 9.59 Å². The molecule has 1 unspecified atom stereocenters. The van der Waals surface area contributed by atoms with Crippen LogP contribution in [0.25, 0.3) is 11.3 Å². The molecular formula is C22H22N4O2. The van der Waals surface area contributed by atoms with Crippen molar-refractivity contribution < 1.29 is 9.59 Å². The Morgan fingerprint density at radius 1 is 1.11 bits per heavy atom. The number of hydrogen-bond donors (Lipinski definition) is 2. The summed E-state index contributed by atoms with van der Waals surface area (Å²) in [5.74, 6) is 0.146. The molecule has 6 nitrogen and oxygen atoms in total. The molecule has 28 heavy (non-hydrogen) atoms. The molecule has 1 aliphatic rings. The molecule has 2 amide bonds. The fourth-order valence-corrected chi connectivity index (χ4v) is 3.46. The molecule has 2 heterocycles. The van der Waals surface area contributed by atoms with E-state index < -0.39 is 6.04 Å². The van der Waals surface area contributed by atoms with Crippen LogP contribution in [0.2, 0.25) is 0 Å². The van der Waals surface area contributed by atoms with Gasteiger partial charge in [0, 0.05) is 16.8 Å². The number of aromatic nitrogens is 2. The molecule has 6 heteroatoms. The molecule has 0 saturated carbocycles. The van der Waals surface area contributed by atoms with E-state index in [1.54, 1.807) is 4.68 Å². The van der Waals surface area contributed by atoms with Gasteiger partial charge < -0.3 is 10.6 Å². The molecule has 1 atom stereocenters. The molecule has 2 aromatic carbocycles. The van der Waals surface area contributed by atoms with Crippen LogP contribution in [-0.2, 0) is 9.59 Å². The molecule has 0 spiro atoms. The minimum absolute atomic E-state index is 0.0546. The van der Waals surface area contributed by atoms with E-state index in [1.165, 1.54) is 0 Å². The number of aryl methyl sites for hydroxylation is 2. The number of anilines is 2. The molecule has 0 aliphatic carbocycles. The summed E-state index contributed by atoms with van der Waals surface area (Å²) in [6.45, 7) is 5.93. The van der Waals surface area contributed by atoms with Crippen molar-refractivity contribution in [3.8, 4) is 11.3 Å². The van der Waals surface area contributed by atoms with Gasteiger partial charge in [0.15, 0.2) is 0 Å². The topological polar surface area (TPSA) is 76.0 Å². The van der Waals surface area contributed by atoms with Crippen molar-refractivity contribution in [3.05, 3.63) is 65.2 Å². The Balaban J connectivity index is 1.69. The number of nitrogens with one attached hydrogen (secondary N) is 2. The number of rotatable bonds is 3. The highest BCUT2D eigenvalue weighted by atomic mass is 16.2. The number of amides is 2. The van der Waals surface area contributed by atoms with Crippen molar-refractivity contribution in [3.63, 3.8) is 0 Å². The van der Waals surface area contributed by atoms with E-state index in [-0.39, 0.29) is 18.2 Å². The molecule has 1 aliphatic heterocycles. The van der Waals surface area contributed by atoms with Crippen molar-refractivity contribution in [2.24, 2.45) is 0 Å². The van der Waals surface area contributed by atoms with E-state index in [0.29, 0.717) is 11.5 Å². The number of carbonyl (C=O) groups excluding carboxylic acids is 2. The van der Waals surface area contributed by atoms with Crippen molar-refractivity contribution in [1.29, 1.82) is 0 Å². The van der Waals surface area contributed by atoms with Crippen LogP contribution in [0.4, 0.5) is 11.5 Å². The molecular weight excluding hydrogens is 352 g/mol. The Morgan fingerprint density at radius 2 is 1.86 bits per heavy atom. The first kappa shape index (κ1) is 18.0. The second-order valence-electron chi connectivity index (χ2n) is 7.19. The lowest BCUT2D eigenvalue weighted by Gasteiger charge is -2.24. The molecule has 0 fully saturated rings. The minimum Gasteiger partial charge on any atom is -0.324 e. The van der Waals surface area contributed by atoms with Crippen molar-refractivity contribution in [2.45, 2.75) is 33.2 Å². The predicted octanol–water partition coefficient (Wildman–Crippen LogP) is 4.00. The van der Waals surface area contributed by atoms with Gasteiger partial charge in [0.2, 0.25) is 11.8 Å². The van der Waals surface area contributed by atoms with Crippen molar-refractivity contribution >= 4 is 23.3 Å². The lowest BCUT2D eigenvalue weighted by Crippen LogP contribution is -2.36. The van der Waals surface area contributed by atoms with E-state index in [4.69, 9.17) is 0 Å². The summed E-state index contributed by atoms with van der Waals surface area (Å²) in [5, 5.41) is 10.5. The SMILES string of the molecule is Cc1ccc(NC(=O)C2CC(=O)Nc3c(C)c(-c4ccccc4)nn32)cc1C. The third-order valence-electron chi connectivity index (χ3n) is 5.20. The van der Waals surface area contributed by atoms with Crippen LogP contribution in [-0.4, -0.2) is 21.6 Å². The lowest BCUT2D eigenvalue weighted by atomic mass is 10.1. The van der Waals surface area contributed by atoms with Crippen LogP contribution in [0, 0.1) is 20.8 Å². The van der Waals surface area contributed by atoms with Crippen LogP contribution >= 0.6 is 0 Å². The molecule has 2 N–H and O–H groups in total. The van der Waals surface area contributed by atoms with Gasteiger partial charge in [-0.05, 0) is 44.0 Å². The summed E-state index contributed by atoms with van der Waals surface area (Å²) in [6, 6.07) is 14.8. The van der Waals surface area contributed by atoms with Gasteiger partial charge in [-0.2, -0.15) is 5.10 Å². The zero-order chi connectivity index (χ0) is 19.8. The highest BCUT2D eigenvalue weighted by Crippen LogP contribution is 2.34. The van der Waals surface area contributed by atoms with Crippen LogP contribution in [0.5, 0.6) is 0 Å². The fraction of sp³-hybridized carbons (Fsp3) is 0.227. The largest absolute Gasteiger partial charge is 0.324 e. The first-order chi connectivity index (χ1) is 13.4. The lowest BCUT2D eigenvalue weighted by molar-refractivity contribution is -0.125. The highest BCUT2D eigenvalue weighted by Gasteiger charge is 2.34. The van der Waals surface area contributed by atoms with Gasteiger partial charge in [0.05, 0.1) is 12.1 Å². The number of fused-ring (bicyclic) bond motifs is 1. The molecule has 0 saturated heterocycles. The normalized spacial score (nSPS) is 15.7.